The van der Waals surface area contributed by atoms with Gasteiger partial charge in [-0.05, 0) is 46.0 Å². The highest BCUT2D eigenvalue weighted by Gasteiger charge is 2.18. The van der Waals surface area contributed by atoms with Crippen molar-refractivity contribution in [3.63, 3.8) is 0 Å². The number of aliphatic imine (C=N–C) groups is 1. The fraction of sp³-hybridized carbons (Fsp3) is 0.421. The lowest BCUT2D eigenvalue weighted by Crippen LogP contribution is -2.36. The zero-order chi connectivity index (χ0) is 16.9. The minimum absolute atomic E-state index is 0.583. The molecule has 2 aromatic rings. The molecule has 0 aliphatic carbocycles. The Balaban J connectivity index is 1.70. The summed E-state index contributed by atoms with van der Waals surface area (Å²) in [7, 11) is 0. The Labute approximate surface area is 151 Å². The van der Waals surface area contributed by atoms with E-state index in [1.165, 1.54) is 5.56 Å². The minimum Gasteiger partial charge on any atom is -0.438 e. The molecule has 0 spiro atoms. The van der Waals surface area contributed by atoms with Gasteiger partial charge in [0.25, 0.3) is 0 Å². The van der Waals surface area contributed by atoms with Crippen LogP contribution in [0.25, 0.3) is 0 Å². The molecule has 24 heavy (non-hydrogen) atoms. The zero-order valence-electron chi connectivity index (χ0n) is 14.2. The molecule has 1 aromatic heterocycles. The van der Waals surface area contributed by atoms with Crippen LogP contribution in [0.15, 0.2) is 44.2 Å². The Hall–Kier alpha value is -1.59. The van der Waals surface area contributed by atoms with E-state index >= 15 is 0 Å². The maximum atomic E-state index is 5.93. The number of halogens is 1. The summed E-state index contributed by atoms with van der Waals surface area (Å²) >= 11 is 3.57. The second kappa shape index (κ2) is 7.99. The van der Waals surface area contributed by atoms with Crippen molar-refractivity contribution >= 4 is 33.7 Å². The normalized spacial score (nSPS) is 16.7. The van der Waals surface area contributed by atoms with Gasteiger partial charge in [-0.1, -0.05) is 26.0 Å². The van der Waals surface area contributed by atoms with Crippen LogP contribution in [-0.2, 0) is 4.74 Å². The highest BCUT2D eigenvalue weighted by Crippen LogP contribution is 2.30. The van der Waals surface area contributed by atoms with E-state index in [9.17, 15) is 0 Å². The van der Waals surface area contributed by atoms with Gasteiger partial charge in [0, 0.05) is 19.2 Å². The molecule has 2 heterocycles. The molecule has 1 fully saturated rings. The summed E-state index contributed by atoms with van der Waals surface area (Å²) in [6.45, 7) is 7.61. The highest BCUT2D eigenvalue weighted by molar-refractivity contribution is 9.10. The van der Waals surface area contributed by atoms with Gasteiger partial charge in [-0.15, -0.1) is 0 Å². The number of morpholine rings is 1. The Morgan fingerprint density at radius 1 is 1.25 bits per heavy atom. The molecule has 4 nitrogen and oxygen atoms in total. The standard InChI is InChI=1S/C19H23BrN2O2/c1-3-14(2)15-4-6-16(7-5-15)21-13-17-12-18(20)19(24-17)22-8-10-23-11-9-22/h4-7,12-14H,3,8-11H2,1-2H3/t14-/m1/s1. The molecule has 0 unspecified atom stereocenters. The lowest BCUT2D eigenvalue weighted by atomic mass is 9.99. The van der Waals surface area contributed by atoms with Gasteiger partial charge in [-0.25, -0.2) is 0 Å². The second-order valence-electron chi connectivity index (χ2n) is 6.06. The lowest BCUT2D eigenvalue weighted by molar-refractivity contribution is 0.120. The van der Waals surface area contributed by atoms with Crippen LogP contribution in [0, 0.1) is 0 Å². The van der Waals surface area contributed by atoms with E-state index in [4.69, 9.17) is 9.15 Å². The summed E-state index contributed by atoms with van der Waals surface area (Å²) in [4.78, 5) is 6.71. The van der Waals surface area contributed by atoms with E-state index < -0.39 is 0 Å². The summed E-state index contributed by atoms with van der Waals surface area (Å²) in [6.07, 6.45) is 2.92. The van der Waals surface area contributed by atoms with Gasteiger partial charge in [-0.3, -0.25) is 4.99 Å². The third kappa shape index (κ3) is 4.08. The van der Waals surface area contributed by atoms with E-state index in [-0.39, 0.29) is 0 Å². The van der Waals surface area contributed by atoms with Crippen LogP contribution in [-0.4, -0.2) is 32.5 Å². The van der Waals surface area contributed by atoms with Crippen molar-refractivity contribution in [2.45, 2.75) is 26.2 Å². The number of anilines is 1. The van der Waals surface area contributed by atoms with E-state index in [2.05, 4.69) is 63.9 Å². The quantitative estimate of drug-likeness (QED) is 0.663. The maximum absolute atomic E-state index is 5.93. The summed E-state index contributed by atoms with van der Waals surface area (Å²) in [6, 6.07) is 10.4. The number of nitrogens with zero attached hydrogens (tertiary/aromatic N) is 2. The van der Waals surface area contributed by atoms with Crippen molar-refractivity contribution in [3.05, 3.63) is 46.1 Å². The largest absolute Gasteiger partial charge is 0.438 e. The van der Waals surface area contributed by atoms with Crippen molar-refractivity contribution in [2.24, 2.45) is 4.99 Å². The number of rotatable bonds is 5. The molecule has 128 valence electrons. The van der Waals surface area contributed by atoms with Gasteiger partial charge in [0.05, 0.1) is 29.6 Å². The van der Waals surface area contributed by atoms with Crippen molar-refractivity contribution in [3.8, 4) is 0 Å². The number of furan rings is 1. The van der Waals surface area contributed by atoms with E-state index in [0.717, 1.165) is 54.5 Å². The van der Waals surface area contributed by atoms with Crippen LogP contribution in [0.4, 0.5) is 11.6 Å². The Morgan fingerprint density at radius 2 is 1.96 bits per heavy atom. The van der Waals surface area contributed by atoms with Gasteiger partial charge in [0.15, 0.2) is 0 Å². The molecule has 1 saturated heterocycles. The molecule has 0 saturated carbocycles. The number of hydrogen-bond acceptors (Lipinski definition) is 4. The van der Waals surface area contributed by atoms with Crippen molar-refractivity contribution in [2.75, 3.05) is 31.2 Å². The smallest absolute Gasteiger partial charge is 0.210 e. The van der Waals surface area contributed by atoms with Gasteiger partial charge >= 0.3 is 0 Å². The average molecular weight is 391 g/mol. The third-order valence-electron chi connectivity index (χ3n) is 4.40. The zero-order valence-corrected chi connectivity index (χ0v) is 15.8. The summed E-state index contributed by atoms with van der Waals surface area (Å²) in [5.41, 5.74) is 2.29. The Morgan fingerprint density at radius 3 is 2.62 bits per heavy atom. The predicted octanol–water partition coefficient (Wildman–Crippen LogP) is 5.14. The van der Waals surface area contributed by atoms with Gasteiger partial charge < -0.3 is 14.1 Å². The molecule has 0 radical (unpaired) electrons. The second-order valence-corrected chi connectivity index (χ2v) is 6.91. The Bertz CT molecular complexity index is 688. The third-order valence-corrected chi connectivity index (χ3v) is 4.97. The summed E-state index contributed by atoms with van der Waals surface area (Å²) in [5.74, 6) is 2.18. The number of benzene rings is 1. The molecule has 1 aliphatic heterocycles. The predicted molar refractivity (Wildman–Crippen MR) is 102 cm³/mol. The van der Waals surface area contributed by atoms with Crippen LogP contribution >= 0.6 is 15.9 Å². The summed E-state index contributed by atoms with van der Waals surface area (Å²) < 4.78 is 12.3. The molecule has 1 aromatic carbocycles. The fourth-order valence-electron chi connectivity index (χ4n) is 2.68. The fourth-order valence-corrected chi connectivity index (χ4v) is 3.24. The summed E-state index contributed by atoms with van der Waals surface area (Å²) in [5, 5.41) is 0. The first-order chi connectivity index (χ1) is 11.7. The molecule has 1 aliphatic rings. The van der Waals surface area contributed by atoms with E-state index in [0.29, 0.717) is 5.92 Å². The number of ether oxygens (including phenoxy) is 1. The van der Waals surface area contributed by atoms with Gasteiger partial charge in [0.1, 0.15) is 5.76 Å². The minimum atomic E-state index is 0.583. The highest BCUT2D eigenvalue weighted by atomic mass is 79.9. The molecule has 1 atom stereocenters. The van der Waals surface area contributed by atoms with Crippen molar-refractivity contribution in [1.29, 1.82) is 0 Å². The van der Waals surface area contributed by atoms with Gasteiger partial charge in [0.2, 0.25) is 5.88 Å². The Kier molecular flexibility index (Phi) is 5.74. The average Bonchev–Trinajstić information content (AvgIpc) is 3.01. The molecular weight excluding hydrogens is 368 g/mol. The SMILES string of the molecule is CC[C@@H](C)c1ccc(N=Cc2cc(Br)c(N3CCOCC3)o2)cc1. The molecule has 0 amide bonds. The molecular formula is C19H23BrN2O2. The molecule has 0 bridgehead atoms. The first kappa shape index (κ1) is 17.2. The van der Waals surface area contributed by atoms with Crippen LogP contribution in [0.3, 0.4) is 0 Å². The van der Waals surface area contributed by atoms with E-state index in [1.807, 2.05) is 6.07 Å². The van der Waals surface area contributed by atoms with Crippen LogP contribution in [0.1, 0.15) is 37.5 Å². The van der Waals surface area contributed by atoms with Crippen molar-refractivity contribution in [1.82, 2.24) is 0 Å². The first-order valence-corrected chi connectivity index (χ1v) is 9.22. The van der Waals surface area contributed by atoms with Crippen LogP contribution in [0.5, 0.6) is 0 Å². The maximum Gasteiger partial charge on any atom is 0.210 e. The topological polar surface area (TPSA) is 38.0 Å². The van der Waals surface area contributed by atoms with Crippen molar-refractivity contribution < 1.29 is 9.15 Å². The van der Waals surface area contributed by atoms with Crippen LogP contribution in [0.2, 0.25) is 0 Å². The molecule has 0 N–H and O–H groups in total. The molecule has 5 heteroatoms. The lowest BCUT2D eigenvalue weighted by Gasteiger charge is -2.26. The first-order valence-electron chi connectivity index (χ1n) is 8.43. The van der Waals surface area contributed by atoms with E-state index in [1.54, 1.807) is 6.21 Å². The monoisotopic (exact) mass is 390 g/mol. The molecule has 3 rings (SSSR count). The van der Waals surface area contributed by atoms with Gasteiger partial charge in [-0.2, -0.15) is 0 Å². The number of hydrogen-bond donors (Lipinski definition) is 0. The van der Waals surface area contributed by atoms with Crippen LogP contribution < -0.4 is 4.90 Å².